The van der Waals surface area contributed by atoms with Crippen LogP contribution >= 0.6 is 11.6 Å². The number of carbonyl (C=O) groups is 2. The van der Waals surface area contributed by atoms with Gasteiger partial charge in [0, 0.05) is 27.8 Å². The number of esters is 1. The second-order valence-electron chi connectivity index (χ2n) is 8.42. The van der Waals surface area contributed by atoms with Gasteiger partial charge in [0.1, 0.15) is 12.4 Å². The zero-order chi connectivity index (χ0) is 25.6. The van der Waals surface area contributed by atoms with Crippen LogP contribution in [0.5, 0.6) is 5.75 Å². The normalized spacial score (nSPS) is 11.9. The number of halogens is 1. The van der Waals surface area contributed by atoms with Crippen molar-refractivity contribution in [3.63, 3.8) is 0 Å². The Labute approximate surface area is 210 Å². The molecule has 0 N–H and O–H groups in total. The maximum Gasteiger partial charge on any atom is 0.350 e. The summed E-state index contributed by atoms with van der Waals surface area (Å²) < 4.78 is 33.7. The molecule has 3 rings (SSSR count). The maximum absolute atomic E-state index is 12.6. The van der Waals surface area contributed by atoms with E-state index in [9.17, 15) is 18.0 Å². The van der Waals surface area contributed by atoms with Gasteiger partial charge in [-0.05, 0) is 79.6 Å². The number of ether oxygens (including phenoxy) is 2. The molecule has 8 heteroatoms. The van der Waals surface area contributed by atoms with E-state index in [0.29, 0.717) is 27.5 Å². The van der Waals surface area contributed by atoms with Crippen LogP contribution in [0.15, 0.2) is 78.2 Å². The molecular weight excluding hydrogens is 488 g/mol. The first kappa shape index (κ1) is 26.2. The van der Waals surface area contributed by atoms with E-state index < -0.39 is 21.4 Å². The average Bonchev–Trinajstić information content (AvgIpc) is 2.81. The number of benzene rings is 3. The van der Waals surface area contributed by atoms with Gasteiger partial charge in [-0.1, -0.05) is 35.9 Å². The van der Waals surface area contributed by atoms with Crippen LogP contribution < -0.4 is 4.74 Å². The number of ketones is 1. The maximum atomic E-state index is 12.6. The van der Waals surface area contributed by atoms with Crippen molar-refractivity contribution in [2.24, 2.45) is 0 Å². The van der Waals surface area contributed by atoms with Gasteiger partial charge in [0.05, 0.1) is 0 Å². The summed E-state index contributed by atoms with van der Waals surface area (Å²) in [4.78, 5) is 25.2. The van der Waals surface area contributed by atoms with Gasteiger partial charge < -0.3 is 9.47 Å². The first-order valence-electron chi connectivity index (χ1n) is 10.7. The molecule has 0 amide bonds. The molecule has 0 atom stereocenters. The van der Waals surface area contributed by atoms with Gasteiger partial charge in [0.2, 0.25) is 0 Å². The zero-order valence-corrected chi connectivity index (χ0v) is 21.1. The van der Waals surface area contributed by atoms with Crippen LogP contribution in [-0.4, -0.2) is 32.0 Å². The third kappa shape index (κ3) is 7.80. The molecule has 0 aromatic heterocycles. The summed E-state index contributed by atoms with van der Waals surface area (Å²) in [5.74, 6) is -0.286. The van der Waals surface area contributed by atoms with Gasteiger partial charge in [0.15, 0.2) is 21.2 Å². The number of rotatable bonds is 9. The summed E-state index contributed by atoms with van der Waals surface area (Å²) in [6, 6.07) is 20.1. The monoisotopic (exact) mass is 512 g/mol. The standard InChI is InChI=1S/C27H25ClO6S/c1-27(2,26(30)33-18-20-6-4-19(5-7-20)16-17-35(3,31)32)34-24-14-10-22(11-15-24)25(29)21-8-12-23(28)13-9-21/h4-17H,18H2,1-3H3/b17-16+. The van der Waals surface area contributed by atoms with Crippen molar-refractivity contribution in [3.05, 3.63) is 105 Å². The predicted molar refractivity (Wildman–Crippen MR) is 136 cm³/mol. The van der Waals surface area contributed by atoms with E-state index in [2.05, 4.69) is 0 Å². The van der Waals surface area contributed by atoms with E-state index in [1.807, 2.05) is 0 Å². The van der Waals surface area contributed by atoms with E-state index in [1.165, 1.54) is 6.08 Å². The molecule has 0 aliphatic heterocycles. The first-order valence-corrected chi connectivity index (χ1v) is 13.0. The fourth-order valence-corrected chi connectivity index (χ4v) is 3.56. The van der Waals surface area contributed by atoms with Crippen LogP contribution in [0, 0.1) is 0 Å². The van der Waals surface area contributed by atoms with E-state index in [1.54, 1.807) is 86.6 Å². The Hall–Kier alpha value is -3.42. The molecule has 0 heterocycles. The molecule has 182 valence electrons. The third-order valence-electron chi connectivity index (χ3n) is 4.94. The molecule has 0 aliphatic rings. The largest absolute Gasteiger partial charge is 0.476 e. The SMILES string of the molecule is CC(C)(Oc1ccc(C(=O)c2ccc(Cl)cc2)cc1)C(=O)OCc1ccc(/C=C/S(C)(=O)=O)cc1. The second kappa shape index (κ2) is 10.9. The summed E-state index contributed by atoms with van der Waals surface area (Å²) in [5, 5.41) is 1.68. The molecule has 0 bridgehead atoms. The van der Waals surface area contributed by atoms with Crippen molar-refractivity contribution >= 4 is 39.3 Å². The molecule has 0 aliphatic carbocycles. The van der Waals surface area contributed by atoms with Gasteiger partial charge >= 0.3 is 5.97 Å². The molecule has 35 heavy (non-hydrogen) atoms. The average molecular weight is 513 g/mol. The minimum absolute atomic E-state index is 0.0379. The molecule has 0 unspecified atom stereocenters. The lowest BCUT2D eigenvalue weighted by atomic mass is 10.0. The van der Waals surface area contributed by atoms with Gasteiger partial charge in [-0.2, -0.15) is 0 Å². The lowest BCUT2D eigenvalue weighted by Crippen LogP contribution is -2.39. The quantitative estimate of drug-likeness (QED) is 0.278. The van der Waals surface area contributed by atoms with Gasteiger partial charge in [-0.3, -0.25) is 4.79 Å². The highest BCUT2D eigenvalue weighted by molar-refractivity contribution is 7.93. The number of carbonyl (C=O) groups excluding carboxylic acids is 2. The molecular formula is C27H25ClO6S. The predicted octanol–water partition coefficient (Wildman–Crippen LogP) is 5.49. The Bertz CT molecular complexity index is 1320. The van der Waals surface area contributed by atoms with Crippen LogP contribution in [-0.2, 0) is 26.0 Å². The topological polar surface area (TPSA) is 86.7 Å². The Morgan fingerprint density at radius 2 is 1.43 bits per heavy atom. The van der Waals surface area contributed by atoms with E-state index in [0.717, 1.165) is 17.2 Å². The Kier molecular flexibility index (Phi) is 8.14. The van der Waals surface area contributed by atoms with Crippen LogP contribution in [0.2, 0.25) is 5.02 Å². The molecule has 0 saturated carbocycles. The fraction of sp³-hybridized carbons (Fsp3) is 0.185. The van der Waals surface area contributed by atoms with Crippen molar-refractivity contribution in [1.82, 2.24) is 0 Å². The van der Waals surface area contributed by atoms with Crippen LogP contribution in [0.25, 0.3) is 6.08 Å². The minimum Gasteiger partial charge on any atom is -0.476 e. The molecule has 0 fully saturated rings. The second-order valence-corrected chi connectivity index (χ2v) is 10.8. The molecule has 6 nitrogen and oxygen atoms in total. The van der Waals surface area contributed by atoms with E-state index in [-0.39, 0.29) is 12.4 Å². The zero-order valence-electron chi connectivity index (χ0n) is 19.5. The van der Waals surface area contributed by atoms with Crippen molar-refractivity contribution in [3.8, 4) is 5.75 Å². The highest BCUT2D eigenvalue weighted by atomic mass is 35.5. The van der Waals surface area contributed by atoms with E-state index >= 15 is 0 Å². The molecule has 3 aromatic carbocycles. The van der Waals surface area contributed by atoms with Crippen molar-refractivity contribution in [2.75, 3.05) is 6.26 Å². The molecule has 3 aromatic rings. The summed E-state index contributed by atoms with van der Waals surface area (Å²) in [7, 11) is -3.20. The summed E-state index contributed by atoms with van der Waals surface area (Å²) in [6.45, 7) is 3.23. The minimum atomic E-state index is -3.20. The summed E-state index contributed by atoms with van der Waals surface area (Å²) in [5.41, 5.74) is 1.20. The Morgan fingerprint density at radius 1 is 0.886 bits per heavy atom. The van der Waals surface area contributed by atoms with Crippen molar-refractivity contribution < 1.29 is 27.5 Å². The van der Waals surface area contributed by atoms with Crippen molar-refractivity contribution in [2.45, 2.75) is 26.1 Å². The highest BCUT2D eigenvalue weighted by Gasteiger charge is 2.32. The summed E-state index contributed by atoms with van der Waals surface area (Å²) in [6.07, 6.45) is 2.62. The lowest BCUT2D eigenvalue weighted by molar-refractivity contribution is -0.160. The molecule has 0 radical (unpaired) electrons. The van der Waals surface area contributed by atoms with Gasteiger partial charge in [-0.15, -0.1) is 0 Å². The third-order valence-corrected chi connectivity index (χ3v) is 5.83. The number of hydrogen-bond donors (Lipinski definition) is 0. The van der Waals surface area contributed by atoms with Gasteiger partial charge in [0.25, 0.3) is 0 Å². The molecule has 0 saturated heterocycles. The van der Waals surface area contributed by atoms with E-state index in [4.69, 9.17) is 21.1 Å². The van der Waals surface area contributed by atoms with Gasteiger partial charge in [-0.25, -0.2) is 13.2 Å². The highest BCUT2D eigenvalue weighted by Crippen LogP contribution is 2.22. The number of sulfone groups is 1. The Balaban J connectivity index is 1.57. The molecule has 0 spiro atoms. The number of hydrogen-bond acceptors (Lipinski definition) is 6. The smallest absolute Gasteiger partial charge is 0.350 e. The van der Waals surface area contributed by atoms with Crippen LogP contribution in [0.3, 0.4) is 0 Å². The Morgan fingerprint density at radius 3 is 1.97 bits per heavy atom. The first-order chi connectivity index (χ1) is 16.4. The summed E-state index contributed by atoms with van der Waals surface area (Å²) >= 11 is 5.87. The van der Waals surface area contributed by atoms with Crippen LogP contribution in [0.4, 0.5) is 0 Å². The van der Waals surface area contributed by atoms with Crippen LogP contribution in [0.1, 0.15) is 40.9 Å². The fourth-order valence-electron chi connectivity index (χ4n) is 3.03. The lowest BCUT2D eigenvalue weighted by Gasteiger charge is -2.24. The van der Waals surface area contributed by atoms with Crippen molar-refractivity contribution in [1.29, 1.82) is 0 Å².